The number of carboxylic acid groups (broad SMARTS) is 1. The van der Waals surface area contributed by atoms with Gasteiger partial charge in [0.15, 0.2) is 0 Å². The third kappa shape index (κ3) is 72.5. The highest BCUT2D eigenvalue weighted by Gasteiger charge is 2.38. The van der Waals surface area contributed by atoms with Crippen LogP contribution in [0.25, 0.3) is 0 Å². The van der Waals surface area contributed by atoms with Gasteiger partial charge < -0.3 is 16.2 Å². The minimum absolute atomic E-state index is 0.0971. The lowest BCUT2D eigenvalue weighted by Crippen LogP contribution is -2.39. The Morgan fingerprint density at radius 3 is 0.505 bits per heavy atom. The van der Waals surface area contributed by atoms with Gasteiger partial charge >= 0.3 is 12.1 Å². The molecule has 0 unspecified atom stereocenters. The SMILES string of the molecule is CC#CC#CC#CC#CC#CC#CC#CC#CC#CC#CC#CC#CC#CC#CC#CC#CC#CC#CC#CC#CC#CC#CC#CC#CC#CC#CC#CC#CC#CC#CC#CC#CC#CC#CC#CC#CC#CC#CC#CC#CC#CC.NCC(=O)NCCN1C(=O)C=CC1=O.O=C(O)C(F)(F)F. The average Bonchev–Trinajstić information content (AvgIpc) is 1.78. The number of nitrogens with zero attached hydrogens (tertiary/aromatic N) is 1. The second-order valence-electron chi connectivity index (χ2n) is 14.0. The number of imide groups is 1. The summed E-state index contributed by atoms with van der Waals surface area (Å²) in [5.41, 5.74) is 5.05. The van der Waals surface area contributed by atoms with Crippen molar-refractivity contribution in [3.8, 4) is 485 Å². The van der Waals surface area contributed by atoms with Gasteiger partial charge in [0.1, 0.15) is 0 Å². The summed E-state index contributed by atoms with van der Waals surface area (Å²) in [7, 11) is 0. The quantitative estimate of drug-likeness (QED) is 0.264. The van der Waals surface area contributed by atoms with E-state index in [1.807, 2.05) is 0 Å². The zero-order valence-corrected chi connectivity index (χ0v) is 53.5. The molecule has 8 nitrogen and oxygen atoms in total. The van der Waals surface area contributed by atoms with Crippen LogP contribution in [0.5, 0.6) is 0 Å². The molecule has 0 saturated carbocycles. The molecule has 1 aliphatic rings. The molecule has 0 aromatic carbocycles. The van der Waals surface area contributed by atoms with Crippen molar-refractivity contribution in [3.05, 3.63) is 12.2 Å². The van der Waals surface area contributed by atoms with Crippen molar-refractivity contribution in [3.63, 3.8) is 0 Å². The Balaban J connectivity index is 0. The van der Waals surface area contributed by atoms with E-state index in [-0.39, 0.29) is 37.4 Å². The van der Waals surface area contributed by atoms with Crippen LogP contribution in [0, 0.1) is 485 Å². The van der Waals surface area contributed by atoms with Gasteiger partial charge in [-0.05, 0) is 109 Å². The Hall–Kier alpha value is -20.5. The maximum Gasteiger partial charge on any atom is 0.490 e. The summed E-state index contributed by atoms with van der Waals surface area (Å²) in [6.07, 6.45) is -2.68. The number of nitrogens with one attached hydrogen (secondary N) is 1. The number of rotatable bonds is 4. The van der Waals surface area contributed by atoms with E-state index in [2.05, 4.69) is 491 Å². The number of hydrogen-bond acceptors (Lipinski definition) is 5. The van der Waals surface area contributed by atoms with Crippen molar-refractivity contribution in [2.75, 3.05) is 19.6 Å². The van der Waals surface area contributed by atoms with Crippen LogP contribution in [0.1, 0.15) is 13.8 Å². The van der Waals surface area contributed by atoms with Crippen molar-refractivity contribution < 1.29 is 37.5 Å². The van der Waals surface area contributed by atoms with E-state index in [1.165, 1.54) is 12.2 Å². The van der Waals surface area contributed by atoms with Gasteiger partial charge in [0.05, 0.1) is 6.54 Å². The molecular weight excluding hydrogens is 1310 g/mol. The molecule has 0 aliphatic carbocycles. The van der Waals surface area contributed by atoms with Crippen LogP contribution in [0.2, 0.25) is 0 Å². The maximum absolute atomic E-state index is 11.0. The van der Waals surface area contributed by atoms with E-state index < -0.39 is 12.1 Å². The lowest BCUT2D eigenvalue weighted by atomic mass is 10.4. The van der Waals surface area contributed by atoms with Crippen LogP contribution in [-0.2, 0) is 19.2 Å². The van der Waals surface area contributed by atoms with Gasteiger partial charge in [0.25, 0.3) is 11.8 Å². The third-order valence-electron chi connectivity index (χ3n) is 7.17. The molecule has 0 spiro atoms. The molecule has 0 fully saturated rings. The first-order valence-electron chi connectivity index (χ1n) is 26.6. The van der Waals surface area contributed by atoms with E-state index in [4.69, 9.17) is 15.6 Å². The van der Waals surface area contributed by atoms with Crippen molar-refractivity contribution >= 4 is 23.7 Å². The van der Waals surface area contributed by atoms with Gasteiger partial charge in [-0.1, -0.05) is 11.8 Å². The molecule has 0 atom stereocenters. The van der Waals surface area contributed by atoms with Crippen LogP contribution in [0.4, 0.5) is 13.2 Å². The summed E-state index contributed by atoms with van der Waals surface area (Å²) >= 11 is 0. The Labute approximate surface area is 611 Å². The molecule has 0 bridgehead atoms. The number of carbonyl (C=O) groups excluding carboxylic acids is 3. The summed E-state index contributed by atoms with van der Waals surface area (Å²) in [6.45, 7) is 3.68. The number of alkyl halides is 3. The third-order valence-corrected chi connectivity index (χ3v) is 7.17. The monoisotopic (exact) mass is 1330 g/mol. The summed E-state index contributed by atoms with van der Waals surface area (Å²) < 4.78 is 31.7. The van der Waals surface area contributed by atoms with Crippen LogP contribution in [-0.4, -0.2) is 59.5 Å². The number of hydrogen-bond donors (Lipinski definition) is 3. The zero-order valence-electron chi connectivity index (χ0n) is 53.5. The van der Waals surface area contributed by atoms with Crippen molar-refractivity contribution in [2.24, 2.45) is 5.73 Å². The van der Waals surface area contributed by atoms with E-state index in [9.17, 15) is 27.6 Å². The molecule has 4 N–H and O–H groups in total. The molecule has 0 aromatic rings. The van der Waals surface area contributed by atoms with Crippen LogP contribution >= 0.6 is 0 Å². The fourth-order valence-corrected chi connectivity index (χ4v) is 3.59. The lowest BCUT2D eigenvalue weighted by Gasteiger charge is -2.13. The number of aliphatic carboxylic acids is 1. The largest absolute Gasteiger partial charge is 0.490 e. The van der Waals surface area contributed by atoms with E-state index in [0.29, 0.717) is 0 Å². The first-order valence-corrected chi connectivity index (χ1v) is 26.6. The number of carboxylic acids is 1. The van der Waals surface area contributed by atoms with Gasteiger partial charge in [-0.25, -0.2) is 4.79 Å². The molecule has 3 amide bonds. The second kappa shape index (κ2) is 72.6. The van der Waals surface area contributed by atoms with Crippen LogP contribution in [0.3, 0.4) is 0 Å². The Bertz CT molecular complexity index is 6210. The molecule has 0 radical (unpaired) electrons. The first-order chi connectivity index (χ1) is 51.5. The maximum atomic E-state index is 11.0. The number of carbonyl (C=O) groups is 4. The predicted molar refractivity (Wildman–Crippen MR) is 392 cm³/mol. The first kappa shape index (κ1) is 86.6. The highest BCUT2D eigenvalue weighted by atomic mass is 19.4. The number of amides is 3. The fourth-order valence-electron chi connectivity index (χ4n) is 3.59. The minimum atomic E-state index is -5.08. The second-order valence-corrected chi connectivity index (χ2v) is 14.0. The fraction of sp³-hybridized carbons (Fsp3) is 0.0638. The van der Waals surface area contributed by atoms with Crippen molar-refractivity contribution in [2.45, 2.75) is 20.0 Å². The molecular formula is C94H18F3N3O5. The standard InChI is InChI=1S/C84H6.C8H11N3O3.C2HF3O2/c1-3-5-7-9-11-13-15-17-19-21-23-25-27-29-31-33-35-37-39-41-43-45-47-49-51-53-55-57-59-61-63-65-67-69-71-73-75-77-79-81-83-84-82-80-78-76-74-72-70-68-66-64-62-60-58-56-54-52-50-48-46-44-42-40-38-36-34-32-30-28-26-24-22-20-18-16-14-12-10-8-6-4-2;9-5-6(12)10-3-4-11-7(13)1-2-8(11)14;3-2(4,5)1(6)7/h1-2H3;1-2H,3-5,9H2,(H,10,12);(H,6,7). The highest BCUT2D eigenvalue weighted by molar-refractivity contribution is 6.12. The van der Waals surface area contributed by atoms with Crippen molar-refractivity contribution in [1.82, 2.24) is 10.2 Å². The lowest BCUT2D eigenvalue weighted by molar-refractivity contribution is -0.192. The molecule has 1 heterocycles. The highest BCUT2D eigenvalue weighted by Crippen LogP contribution is 2.13. The van der Waals surface area contributed by atoms with Crippen LogP contribution in [0.15, 0.2) is 12.2 Å². The predicted octanol–water partition coefficient (Wildman–Crippen LogP) is -0.215. The molecule has 0 saturated heterocycles. The topological polar surface area (TPSA) is 130 Å². The van der Waals surface area contributed by atoms with Gasteiger partial charge in [0.2, 0.25) is 5.91 Å². The molecule has 460 valence electrons. The summed E-state index contributed by atoms with van der Waals surface area (Å²) in [5.74, 6) is 202. The van der Waals surface area contributed by atoms with E-state index in [1.54, 1.807) is 13.8 Å². The molecule has 1 aliphatic heterocycles. The molecule has 105 heavy (non-hydrogen) atoms. The summed E-state index contributed by atoms with van der Waals surface area (Å²) in [6, 6.07) is 0. The van der Waals surface area contributed by atoms with Crippen LogP contribution < -0.4 is 11.1 Å². The Morgan fingerprint density at radius 2 is 0.410 bits per heavy atom. The van der Waals surface area contributed by atoms with Gasteiger partial charge in [-0.15, -0.1) is 0 Å². The van der Waals surface area contributed by atoms with E-state index >= 15 is 0 Å². The molecule has 11 heteroatoms. The average molecular weight is 1330 g/mol. The number of halogens is 3. The van der Waals surface area contributed by atoms with Crippen molar-refractivity contribution in [1.29, 1.82) is 0 Å². The number of nitrogens with two attached hydrogens (primary N) is 1. The van der Waals surface area contributed by atoms with Gasteiger partial charge in [-0.2, -0.15) is 13.2 Å². The Kier molecular flexibility index (Phi) is 59.9. The summed E-state index contributed by atoms with van der Waals surface area (Å²) in [4.78, 5) is 42.7. The van der Waals surface area contributed by atoms with Gasteiger partial charge in [-0.3, -0.25) is 19.3 Å². The summed E-state index contributed by atoms with van der Waals surface area (Å²) in [5, 5.41) is 9.59. The Morgan fingerprint density at radius 1 is 0.295 bits per heavy atom. The zero-order chi connectivity index (χ0) is 76.6. The normalized spacial score (nSPS) is 5.94. The minimum Gasteiger partial charge on any atom is -0.475 e. The molecule has 0 aromatic heterocycles. The molecule has 1 rings (SSSR count). The van der Waals surface area contributed by atoms with E-state index in [0.717, 1.165) is 4.90 Å². The smallest absolute Gasteiger partial charge is 0.475 e. The van der Waals surface area contributed by atoms with Gasteiger partial charge in [0, 0.05) is 404 Å².